The van der Waals surface area contributed by atoms with E-state index in [9.17, 15) is 0 Å². The number of nitrogens with one attached hydrogen (secondary N) is 1. The number of hydrogen-bond acceptors (Lipinski definition) is 4. The lowest BCUT2D eigenvalue weighted by Crippen LogP contribution is -2.25. The molecule has 1 atom stereocenters. The fraction of sp³-hybridized carbons (Fsp3) is 0.333. The second kappa shape index (κ2) is 6.63. The zero-order valence-electron chi connectivity index (χ0n) is 12.7. The zero-order valence-corrected chi connectivity index (χ0v) is 14.3. The molecule has 0 bridgehead atoms. The molecule has 2 aliphatic heterocycles. The van der Waals surface area contributed by atoms with Gasteiger partial charge in [-0.2, -0.15) is 0 Å². The van der Waals surface area contributed by atoms with Crippen molar-refractivity contribution < 1.29 is 9.47 Å². The van der Waals surface area contributed by atoms with Gasteiger partial charge >= 0.3 is 0 Å². The third kappa shape index (κ3) is 3.16. The molecule has 0 fully saturated rings. The lowest BCUT2D eigenvalue weighted by Gasteiger charge is -2.27. The Labute approximate surface area is 145 Å². The molecule has 4 rings (SSSR count). The summed E-state index contributed by atoms with van der Waals surface area (Å²) in [5.41, 5.74) is 2.44. The van der Waals surface area contributed by atoms with Crippen molar-refractivity contribution in [2.24, 2.45) is 0 Å². The quantitative estimate of drug-likeness (QED) is 0.889. The van der Waals surface area contributed by atoms with Gasteiger partial charge in [0.2, 0.25) is 0 Å². The number of para-hydroxylation sites is 1. The first kappa shape index (κ1) is 15.2. The van der Waals surface area contributed by atoms with Gasteiger partial charge in [0.05, 0.1) is 0 Å². The first-order chi connectivity index (χ1) is 11.3. The molecule has 1 N–H and O–H groups in total. The van der Waals surface area contributed by atoms with Gasteiger partial charge in [0.1, 0.15) is 13.2 Å². The van der Waals surface area contributed by atoms with E-state index >= 15 is 0 Å². The SMILES string of the molecule is Clc1ccc2c(c1)C(NCc1cccc3c1OCCO3)CCS2. The molecule has 0 spiro atoms. The van der Waals surface area contributed by atoms with E-state index in [1.807, 2.05) is 30.0 Å². The summed E-state index contributed by atoms with van der Waals surface area (Å²) >= 11 is 8.08. The normalized spacial score (nSPS) is 19.3. The summed E-state index contributed by atoms with van der Waals surface area (Å²) in [5, 5.41) is 4.46. The fourth-order valence-corrected chi connectivity index (χ4v) is 4.37. The summed E-state index contributed by atoms with van der Waals surface area (Å²) in [6.45, 7) is 1.99. The first-order valence-electron chi connectivity index (χ1n) is 7.84. The molecule has 0 aliphatic carbocycles. The average molecular weight is 348 g/mol. The maximum atomic E-state index is 6.18. The topological polar surface area (TPSA) is 30.5 Å². The van der Waals surface area contributed by atoms with Crippen molar-refractivity contribution >= 4 is 23.4 Å². The van der Waals surface area contributed by atoms with E-state index in [0.29, 0.717) is 19.3 Å². The van der Waals surface area contributed by atoms with E-state index in [2.05, 4.69) is 23.5 Å². The number of benzene rings is 2. The van der Waals surface area contributed by atoms with E-state index in [4.69, 9.17) is 21.1 Å². The van der Waals surface area contributed by atoms with Gasteiger partial charge in [0.25, 0.3) is 0 Å². The minimum absolute atomic E-state index is 0.324. The molecule has 2 heterocycles. The number of halogens is 1. The van der Waals surface area contributed by atoms with Gasteiger partial charge in [-0.1, -0.05) is 23.7 Å². The first-order valence-corrected chi connectivity index (χ1v) is 9.21. The molecule has 2 aromatic carbocycles. The van der Waals surface area contributed by atoms with Crippen LogP contribution in [0.4, 0.5) is 0 Å². The van der Waals surface area contributed by atoms with Crippen molar-refractivity contribution in [3.63, 3.8) is 0 Å². The largest absolute Gasteiger partial charge is 0.486 e. The Hall–Kier alpha value is -1.36. The highest BCUT2D eigenvalue weighted by Gasteiger charge is 2.22. The van der Waals surface area contributed by atoms with Crippen molar-refractivity contribution in [2.45, 2.75) is 23.9 Å². The lowest BCUT2D eigenvalue weighted by molar-refractivity contribution is 0.169. The van der Waals surface area contributed by atoms with E-state index in [0.717, 1.165) is 40.8 Å². The summed E-state index contributed by atoms with van der Waals surface area (Å²) in [6, 6.07) is 12.6. The van der Waals surface area contributed by atoms with Crippen molar-refractivity contribution in [3.05, 3.63) is 52.5 Å². The second-order valence-corrected chi connectivity index (χ2v) is 7.27. The van der Waals surface area contributed by atoms with E-state index in [1.165, 1.54) is 10.5 Å². The Kier molecular flexibility index (Phi) is 4.38. The molecule has 1 unspecified atom stereocenters. The van der Waals surface area contributed by atoms with Crippen LogP contribution in [0.15, 0.2) is 41.3 Å². The molecular weight excluding hydrogens is 330 g/mol. The Morgan fingerprint density at radius 1 is 1.17 bits per heavy atom. The maximum Gasteiger partial charge on any atom is 0.165 e. The molecule has 5 heteroatoms. The molecule has 0 amide bonds. The van der Waals surface area contributed by atoms with Gasteiger partial charge in [-0.3, -0.25) is 0 Å². The minimum atomic E-state index is 0.324. The van der Waals surface area contributed by atoms with Gasteiger partial charge in [-0.25, -0.2) is 0 Å². The van der Waals surface area contributed by atoms with Crippen molar-refractivity contribution in [3.8, 4) is 11.5 Å². The summed E-state index contributed by atoms with van der Waals surface area (Å²) in [5.74, 6) is 2.85. The summed E-state index contributed by atoms with van der Waals surface area (Å²) in [6.07, 6.45) is 1.10. The maximum absolute atomic E-state index is 6.18. The van der Waals surface area contributed by atoms with Crippen LogP contribution in [0.25, 0.3) is 0 Å². The Balaban J connectivity index is 1.54. The predicted octanol–water partition coefficient (Wildman–Crippen LogP) is 4.44. The number of hydrogen-bond donors (Lipinski definition) is 1. The molecule has 3 nitrogen and oxygen atoms in total. The smallest absolute Gasteiger partial charge is 0.165 e. The van der Waals surface area contributed by atoms with Crippen molar-refractivity contribution in [1.82, 2.24) is 5.32 Å². The lowest BCUT2D eigenvalue weighted by atomic mass is 10.0. The fourth-order valence-electron chi connectivity index (χ4n) is 3.08. The van der Waals surface area contributed by atoms with Crippen LogP contribution in [0.1, 0.15) is 23.6 Å². The Morgan fingerprint density at radius 3 is 3.04 bits per heavy atom. The van der Waals surface area contributed by atoms with Crippen molar-refractivity contribution in [2.75, 3.05) is 19.0 Å². The third-order valence-corrected chi connectivity index (χ3v) is 5.56. The monoisotopic (exact) mass is 347 g/mol. The highest BCUT2D eigenvalue weighted by Crippen LogP contribution is 2.38. The standard InChI is InChI=1S/C18H18ClNO2S/c19-13-4-5-17-14(10-13)15(6-9-23-17)20-11-12-2-1-3-16-18(12)22-8-7-21-16/h1-5,10,15,20H,6-9,11H2. The second-order valence-electron chi connectivity index (χ2n) is 5.69. The molecule has 23 heavy (non-hydrogen) atoms. The van der Waals surface area contributed by atoms with Gasteiger partial charge in [-0.15, -0.1) is 11.8 Å². The van der Waals surface area contributed by atoms with Gasteiger partial charge in [-0.05, 0) is 42.0 Å². The Morgan fingerprint density at radius 2 is 2.09 bits per heavy atom. The van der Waals surface area contributed by atoms with E-state index < -0.39 is 0 Å². The molecule has 0 radical (unpaired) electrons. The van der Waals surface area contributed by atoms with Crippen LogP contribution >= 0.6 is 23.4 Å². The number of fused-ring (bicyclic) bond motifs is 2. The number of thioether (sulfide) groups is 1. The third-order valence-electron chi connectivity index (χ3n) is 4.20. The summed E-state index contributed by atoms with van der Waals surface area (Å²) in [4.78, 5) is 1.33. The highest BCUT2D eigenvalue weighted by atomic mass is 35.5. The van der Waals surface area contributed by atoms with Crippen LogP contribution in [-0.2, 0) is 6.54 Å². The van der Waals surface area contributed by atoms with Crippen molar-refractivity contribution in [1.29, 1.82) is 0 Å². The molecule has 120 valence electrons. The Bertz CT molecular complexity index is 722. The van der Waals surface area contributed by atoms with E-state index in [1.54, 1.807) is 0 Å². The summed E-state index contributed by atoms with van der Waals surface area (Å²) < 4.78 is 11.4. The predicted molar refractivity (Wildman–Crippen MR) is 93.8 cm³/mol. The molecule has 2 aromatic rings. The van der Waals surface area contributed by atoms with Crippen LogP contribution in [-0.4, -0.2) is 19.0 Å². The van der Waals surface area contributed by atoms with Crippen LogP contribution < -0.4 is 14.8 Å². The zero-order chi connectivity index (χ0) is 15.6. The van der Waals surface area contributed by atoms with Crippen LogP contribution in [0.5, 0.6) is 11.5 Å². The molecule has 0 aromatic heterocycles. The molecule has 0 saturated heterocycles. The van der Waals surface area contributed by atoms with Crippen LogP contribution in [0.3, 0.4) is 0 Å². The van der Waals surface area contributed by atoms with Crippen LogP contribution in [0, 0.1) is 0 Å². The number of rotatable bonds is 3. The average Bonchev–Trinajstić information content (AvgIpc) is 2.60. The van der Waals surface area contributed by atoms with Gasteiger partial charge < -0.3 is 14.8 Å². The van der Waals surface area contributed by atoms with E-state index in [-0.39, 0.29) is 0 Å². The van der Waals surface area contributed by atoms with Gasteiger partial charge in [0.15, 0.2) is 11.5 Å². The van der Waals surface area contributed by atoms with Gasteiger partial charge in [0, 0.05) is 28.1 Å². The highest BCUT2D eigenvalue weighted by molar-refractivity contribution is 7.99. The summed E-state index contributed by atoms with van der Waals surface area (Å²) in [7, 11) is 0. The number of ether oxygens (including phenoxy) is 2. The minimum Gasteiger partial charge on any atom is -0.486 e. The van der Waals surface area contributed by atoms with Crippen LogP contribution in [0.2, 0.25) is 5.02 Å². The molecule has 2 aliphatic rings. The molecule has 0 saturated carbocycles. The molecular formula is C18H18ClNO2S.